The molecule has 1 aromatic carbocycles. The van der Waals surface area contributed by atoms with Gasteiger partial charge in [-0.1, -0.05) is 0 Å². The summed E-state index contributed by atoms with van der Waals surface area (Å²) in [5.41, 5.74) is 3.01. The molecule has 0 fully saturated rings. The summed E-state index contributed by atoms with van der Waals surface area (Å²) in [5, 5.41) is 6.61. The Bertz CT molecular complexity index is 610. The summed E-state index contributed by atoms with van der Waals surface area (Å²) in [4.78, 5) is 11.5. The number of benzene rings is 1. The normalized spacial score (nSPS) is 10.7. The van der Waals surface area contributed by atoms with Gasteiger partial charge in [-0.15, -0.1) is 0 Å². The molecule has 1 aromatic heterocycles. The summed E-state index contributed by atoms with van der Waals surface area (Å²) in [6, 6.07) is 9.27. The van der Waals surface area contributed by atoms with Gasteiger partial charge in [0.2, 0.25) is 0 Å². The maximum absolute atomic E-state index is 12.7. The molecule has 2 aromatic rings. The van der Waals surface area contributed by atoms with Gasteiger partial charge in [-0.25, -0.2) is 9.82 Å². The van der Waals surface area contributed by atoms with E-state index in [1.165, 1.54) is 18.3 Å². The maximum atomic E-state index is 12.7. The van der Waals surface area contributed by atoms with Crippen LogP contribution in [0.25, 0.3) is 0 Å². The summed E-state index contributed by atoms with van der Waals surface area (Å²) in [6.45, 7) is 0.0403. The molecule has 1 amide bonds. The van der Waals surface area contributed by atoms with Crippen LogP contribution >= 0.6 is 22.6 Å². The Morgan fingerprint density at radius 2 is 2.05 bits per heavy atom. The fourth-order valence-electron chi connectivity index (χ4n) is 1.36. The van der Waals surface area contributed by atoms with E-state index < -0.39 is 0 Å². The van der Waals surface area contributed by atoms with Gasteiger partial charge in [-0.3, -0.25) is 4.79 Å². The molecule has 0 unspecified atom stereocenters. The van der Waals surface area contributed by atoms with Gasteiger partial charge in [0.05, 0.1) is 12.8 Å². The number of hydrogen-bond acceptors (Lipinski definition) is 4. The largest absolute Gasteiger partial charge is 0.449 e. The zero-order valence-electron chi connectivity index (χ0n) is 10.3. The second kappa shape index (κ2) is 7.04. The molecule has 0 spiro atoms. The number of amides is 1. The molecule has 0 aliphatic heterocycles. The molecule has 0 saturated heterocycles. The lowest BCUT2D eigenvalue weighted by atomic mass is 10.3. The summed E-state index contributed by atoms with van der Waals surface area (Å²) >= 11 is 2.04. The van der Waals surface area contributed by atoms with Crippen molar-refractivity contribution >= 4 is 40.4 Å². The molecule has 20 heavy (non-hydrogen) atoms. The van der Waals surface area contributed by atoms with E-state index in [1.807, 2.05) is 22.6 Å². The average Bonchev–Trinajstić information content (AvgIpc) is 2.84. The summed E-state index contributed by atoms with van der Waals surface area (Å²) in [6.07, 6.45) is 1.41. The molecule has 104 valence electrons. The van der Waals surface area contributed by atoms with Crippen LogP contribution in [-0.4, -0.2) is 18.7 Å². The van der Waals surface area contributed by atoms with E-state index in [9.17, 15) is 9.18 Å². The molecular weight excluding hydrogens is 376 g/mol. The molecule has 0 aliphatic rings. The molecule has 0 saturated carbocycles. The molecule has 0 bridgehead atoms. The van der Waals surface area contributed by atoms with Crippen LogP contribution in [0.4, 0.5) is 10.1 Å². The van der Waals surface area contributed by atoms with Crippen molar-refractivity contribution in [2.45, 2.75) is 0 Å². The molecule has 0 atom stereocenters. The van der Waals surface area contributed by atoms with E-state index in [0.717, 1.165) is 3.77 Å². The highest BCUT2D eigenvalue weighted by molar-refractivity contribution is 14.1. The Kier molecular flexibility index (Phi) is 5.10. The van der Waals surface area contributed by atoms with Crippen LogP contribution in [0.15, 0.2) is 45.9 Å². The van der Waals surface area contributed by atoms with E-state index in [4.69, 9.17) is 4.42 Å². The summed E-state index contributed by atoms with van der Waals surface area (Å²) < 4.78 is 18.7. The maximum Gasteiger partial charge on any atom is 0.259 e. The van der Waals surface area contributed by atoms with Gasteiger partial charge in [0.15, 0.2) is 3.77 Å². The van der Waals surface area contributed by atoms with Gasteiger partial charge < -0.3 is 9.73 Å². The first kappa shape index (κ1) is 14.5. The number of furan rings is 1. The van der Waals surface area contributed by atoms with Crippen LogP contribution in [0.2, 0.25) is 0 Å². The zero-order chi connectivity index (χ0) is 14.4. The number of carbonyl (C=O) groups is 1. The minimum Gasteiger partial charge on any atom is -0.449 e. The third kappa shape index (κ3) is 4.65. The first-order chi connectivity index (χ1) is 9.63. The SMILES string of the molecule is O=C(CNc1ccc(F)cc1)N/N=C\c1ccc(I)o1. The van der Waals surface area contributed by atoms with Crippen molar-refractivity contribution in [2.24, 2.45) is 5.10 Å². The van der Waals surface area contributed by atoms with Crippen LogP contribution in [0, 0.1) is 9.58 Å². The smallest absolute Gasteiger partial charge is 0.259 e. The van der Waals surface area contributed by atoms with Gasteiger partial charge in [0, 0.05) is 5.69 Å². The van der Waals surface area contributed by atoms with Crippen LogP contribution in [-0.2, 0) is 4.79 Å². The molecule has 7 heteroatoms. The Hall–Kier alpha value is -1.90. The van der Waals surface area contributed by atoms with E-state index in [-0.39, 0.29) is 18.3 Å². The minimum absolute atomic E-state index is 0.0403. The van der Waals surface area contributed by atoms with Crippen molar-refractivity contribution in [3.63, 3.8) is 0 Å². The lowest BCUT2D eigenvalue weighted by molar-refractivity contribution is -0.119. The highest BCUT2D eigenvalue weighted by atomic mass is 127. The van der Waals surface area contributed by atoms with Crippen LogP contribution in [0.5, 0.6) is 0 Å². The number of anilines is 1. The first-order valence-corrected chi connectivity index (χ1v) is 6.78. The van der Waals surface area contributed by atoms with Crippen molar-refractivity contribution in [3.05, 3.63) is 51.7 Å². The molecule has 0 aliphatic carbocycles. The lowest BCUT2D eigenvalue weighted by Gasteiger charge is -2.04. The van der Waals surface area contributed by atoms with Crippen molar-refractivity contribution < 1.29 is 13.6 Å². The van der Waals surface area contributed by atoms with E-state index >= 15 is 0 Å². The molecule has 2 N–H and O–H groups in total. The van der Waals surface area contributed by atoms with Gasteiger partial charge in [-0.2, -0.15) is 5.10 Å². The van der Waals surface area contributed by atoms with Gasteiger partial charge in [0.1, 0.15) is 11.6 Å². The first-order valence-electron chi connectivity index (χ1n) is 5.70. The number of rotatable bonds is 5. The number of carbonyl (C=O) groups excluding carboxylic acids is 1. The molecule has 2 rings (SSSR count). The highest BCUT2D eigenvalue weighted by Crippen LogP contribution is 2.08. The Morgan fingerprint density at radius 3 is 2.70 bits per heavy atom. The number of hydrazone groups is 1. The van der Waals surface area contributed by atoms with Gasteiger partial charge in [-0.05, 0) is 59.0 Å². The average molecular weight is 387 g/mol. The number of halogens is 2. The number of nitrogens with zero attached hydrogens (tertiary/aromatic N) is 1. The number of nitrogens with one attached hydrogen (secondary N) is 2. The third-order valence-corrected chi connectivity index (χ3v) is 2.85. The highest BCUT2D eigenvalue weighted by Gasteiger charge is 2.00. The van der Waals surface area contributed by atoms with Gasteiger partial charge in [0.25, 0.3) is 5.91 Å². The second-order valence-corrected chi connectivity index (χ2v) is 4.86. The van der Waals surface area contributed by atoms with Crippen molar-refractivity contribution in [2.75, 3.05) is 11.9 Å². The topological polar surface area (TPSA) is 66.6 Å². The Morgan fingerprint density at radius 1 is 1.30 bits per heavy atom. The van der Waals surface area contributed by atoms with E-state index in [2.05, 4.69) is 15.8 Å². The van der Waals surface area contributed by atoms with Crippen molar-refractivity contribution in [1.82, 2.24) is 5.43 Å². The molecular formula is C13H11FIN3O2. The van der Waals surface area contributed by atoms with Gasteiger partial charge >= 0.3 is 0 Å². The van der Waals surface area contributed by atoms with Crippen LogP contribution in [0.3, 0.4) is 0 Å². The van der Waals surface area contributed by atoms with Crippen molar-refractivity contribution in [1.29, 1.82) is 0 Å². The standard InChI is InChI=1S/C13H11FIN3O2/c14-9-1-3-10(4-2-9)16-8-13(19)18-17-7-11-5-6-12(15)20-11/h1-7,16H,8H2,(H,18,19)/b17-7-. The summed E-state index contributed by atoms with van der Waals surface area (Å²) in [7, 11) is 0. The number of hydrogen-bond donors (Lipinski definition) is 2. The zero-order valence-corrected chi connectivity index (χ0v) is 12.4. The predicted octanol–water partition coefficient (Wildman–Crippen LogP) is 2.59. The Labute approximate surface area is 128 Å². The fourth-order valence-corrected chi connectivity index (χ4v) is 1.79. The monoisotopic (exact) mass is 387 g/mol. The molecule has 5 nitrogen and oxygen atoms in total. The second-order valence-electron chi connectivity index (χ2n) is 3.80. The quantitative estimate of drug-likeness (QED) is 0.471. The molecule has 1 heterocycles. The molecule has 0 radical (unpaired) electrons. The lowest BCUT2D eigenvalue weighted by Crippen LogP contribution is -2.25. The van der Waals surface area contributed by atoms with E-state index in [1.54, 1.807) is 24.3 Å². The summed E-state index contributed by atoms with van der Waals surface area (Å²) in [5.74, 6) is -0.0781. The predicted molar refractivity (Wildman–Crippen MR) is 82.1 cm³/mol. The third-order valence-electron chi connectivity index (χ3n) is 2.27. The minimum atomic E-state index is -0.322. The Balaban J connectivity index is 1.75. The van der Waals surface area contributed by atoms with Crippen molar-refractivity contribution in [3.8, 4) is 0 Å². The van der Waals surface area contributed by atoms with Crippen LogP contribution in [0.1, 0.15) is 5.76 Å². The van der Waals surface area contributed by atoms with E-state index in [0.29, 0.717) is 11.4 Å². The van der Waals surface area contributed by atoms with Crippen LogP contribution < -0.4 is 10.7 Å². The fraction of sp³-hybridized carbons (Fsp3) is 0.0769.